The van der Waals surface area contributed by atoms with Crippen LogP contribution in [0, 0.1) is 0 Å². The van der Waals surface area contributed by atoms with Gasteiger partial charge in [-0.1, -0.05) is 6.07 Å². The van der Waals surface area contributed by atoms with E-state index in [4.69, 9.17) is 9.47 Å². The van der Waals surface area contributed by atoms with Gasteiger partial charge in [-0.3, -0.25) is 9.59 Å². The predicted molar refractivity (Wildman–Crippen MR) is 111 cm³/mol. The highest BCUT2D eigenvalue weighted by molar-refractivity contribution is 6.01. The van der Waals surface area contributed by atoms with Crippen LogP contribution in [0.1, 0.15) is 42.1 Å². The minimum Gasteiger partial charge on any atom is -0.454 e. The summed E-state index contributed by atoms with van der Waals surface area (Å²) in [6, 6.07) is 11.1. The van der Waals surface area contributed by atoms with Crippen molar-refractivity contribution in [1.29, 1.82) is 0 Å². The number of nitrogens with one attached hydrogen (secondary N) is 2. The molecular weight excluding hydrogens is 370 g/mol. The van der Waals surface area contributed by atoms with Gasteiger partial charge in [-0.15, -0.1) is 0 Å². The van der Waals surface area contributed by atoms with Crippen LogP contribution < -0.4 is 25.0 Å². The van der Waals surface area contributed by atoms with Crippen LogP contribution in [0.25, 0.3) is 0 Å². The van der Waals surface area contributed by atoms with Crippen LogP contribution >= 0.6 is 0 Å². The van der Waals surface area contributed by atoms with E-state index < -0.39 is 0 Å². The molecule has 29 heavy (non-hydrogen) atoms. The second-order valence-corrected chi connectivity index (χ2v) is 7.33. The molecule has 2 aromatic rings. The van der Waals surface area contributed by atoms with Crippen LogP contribution in [0.15, 0.2) is 36.4 Å². The zero-order chi connectivity index (χ0) is 20.2. The number of fused-ring (bicyclic) bond motifs is 1. The molecule has 0 aliphatic carbocycles. The highest BCUT2D eigenvalue weighted by Crippen LogP contribution is 2.32. The molecule has 0 aromatic heterocycles. The fourth-order valence-corrected chi connectivity index (χ4v) is 3.73. The summed E-state index contributed by atoms with van der Waals surface area (Å²) in [5, 5.41) is 5.81. The van der Waals surface area contributed by atoms with E-state index in [1.807, 2.05) is 24.3 Å². The summed E-state index contributed by atoms with van der Waals surface area (Å²) in [6.07, 6.45) is 3.40. The number of rotatable bonds is 5. The second kappa shape index (κ2) is 8.43. The largest absolute Gasteiger partial charge is 0.454 e. The van der Waals surface area contributed by atoms with Crippen LogP contribution in [0.2, 0.25) is 0 Å². The van der Waals surface area contributed by atoms with Crippen molar-refractivity contribution in [3.8, 4) is 11.5 Å². The van der Waals surface area contributed by atoms with Crippen molar-refractivity contribution in [3.63, 3.8) is 0 Å². The summed E-state index contributed by atoms with van der Waals surface area (Å²) in [6.45, 7) is 3.91. The van der Waals surface area contributed by atoms with Crippen molar-refractivity contribution in [3.05, 3.63) is 47.5 Å². The predicted octanol–water partition coefficient (Wildman–Crippen LogP) is 3.29. The number of piperidine rings is 1. The second-order valence-electron chi connectivity index (χ2n) is 7.33. The number of hydrogen-bond acceptors (Lipinski definition) is 5. The quantitative estimate of drug-likeness (QED) is 0.812. The molecule has 0 unspecified atom stereocenters. The molecule has 0 spiro atoms. The van der Waals surface area contributed by atoms with Crippen LogP contribution in [0.3, 0.4) is 0 Å². The number of anilines is 2. The van der Waals surface area contributed by atoms with Gasteiger partial charge in [0.1, 0.15) is 0 Å². The Labute approximate surface area is 170 Å². The maximum Gasteiger partial charge on any atom is 0.253 e. The number of amides is 2. The molecule has 2 N–H and O–H groups in total. The van der Waals surface area contributed by atoms with Gasteiger partial charge in [-0.05, 0) is 55.2 Å². The Bertz CT molecular complexity index is 922. The van der Waals surface area contributed by atoms with Crippen LogP contribution in [0.4, 0.5) is 11.4 Å². The lowest BCUT2D eigenvalue weighted by atomic mass is 10.1. The molecule has 0 atom stereocenters. The SMILES string of the molecule is CC(=O)Nc1ccc(C(=O)NCc2ccc3c(c2)OCO3)c(N2CCCCC2)c1. The van der Waals surface area contributed by atoms with Gasteiger partial charge in [-0.25, -0.2) is 0 Å². The Hall–Kier alpha value is -3.22. The molecule has 0 radical (unpaired) electrons. The van der Waals surface area contributed by atoms with E-state index >= 15 is 0 Å². The first-order valence-electron chi connectivity index (χ1n) is 9.93. The lowest BCUT2D eigenvalue weighted by Gasteiger charge is -2.30. The molecule has 2 aliphatic rings. The summed E-state index contributed by atoms with van der Waals surface area (Å²) in [5.41, 5.74) is 3.11. The van der Waals surface area contributed by atoms with Crippen molar-refractivity contribution in [1.82, 2.24) is 5.32 Å². The molecule has 2 heterocycles. The molecule has 0 bridgehead atoms. The third kappa shape index (κ3) is 4.45. The molecule has 0 saturated carbocycles. The van der Waals surface area contributed by atoms with Crippen molar-refractivity contribution < 1.29 is 19.1 Å². The molecular formula is C22H25N3O4. The molecule has 7 nitrogen and oxygen atoms in total. The fraction of sp³-hybridized carbons (Fsp3) is 0.364. The third-order valence-electron chi connectivity index (χ3n) is 5.15. The van der Waals surface area contributed by atoms with E-state index in [9.17, 15) is 9.59 Å². The first kappa shape index (κ1) is 19.1. The lowest BCUT2D eigenvalue weighted by Crippen LogP contribution is -2.32. The molecule has 2 amide bonds. The zero-order valence-electron chi connectivity index (χ0n) is 16.5. The molecule has 1 fully saturated rings. The number of nitrogens with zero attached hydrogens (tertiary/aromatic N) is 1. The zero-order valence-corrected chi connectivity index (χ0v) is 16.5. The number of benzene rings is 2. The normalized spacial score (nSPS) is 15.1. The van der Waals surface area contributed by atoms with E-state index in [0.717, 1.165) is 42.9 Å². The monoisotopic (exact) mass is 395 g/mol. The van der Waals surface area contributed by atoms with Gasteiger partial charge in [0.25, 0.3) is 5.91 Å². The van der Waals surface area contributed by atoms with Crippen LogP contribution in [-0.2, 0) is 11.3 Å². The number of carbonyl (C=O) groups is 2. The molecule has 2 aliphatic heterocycles. The van der Waals surface area contributed by atoms with Crippen molar-refractivity contribution in [2.24, 2.45) is 0 Å². The van der Waals surface area contributed by atoms with E-state index in [-0.39, 0.29) is 18.6 Å². The minimum atomic E-state index is -0.141. The van der Waals surface area contributed by atoms with Gasteiger partial charge < -0.3 is 25.0 Å². The molecule has 152 valence electrons. The Morgan fingerprint density at radius 3 is 2.59 bits per heavy atom. The number of carbonyl (C=O) groups excluding carboxylic acids is 2. The average molecular weight is 395 g/mol. The van der Waals surface area contributed by atoms with Gasteiger partial charge in [0.15, 0.2) is 11.5 Å². The summed E-state index contributed by atoms with van der Waals surface area (Å²) < 4.78 is 10.7. The number of ether oxygens (including phenoxy) is 2. The van der Waals surface area contributed by atoms with Crippen molar-refractivity contribution in [2.45, 2.75) is 32.7 Å². The van der Waals surface area contributed by atoms with Gasteiger partial charge in [-0.2, -0.15) is 0 Å². The highest BCUT2D eigenvalue weighted by atomic mass is 16.7. The molecule has 1 saturated heterocycles. The van der Waals surface area contributed by atoms with Gasteiger partial charge >= 0.3 is 0 Å². The first-order valence-corrected chi connectivity index (χ1v) is 9.93. The van der Waals surface area contributed by atoms with Crippen LogP contribution in [-0.4, -0.2) is 31.7 Å². The Morgan fingerprint density at radius 1 is 1.00 bits per heavy atom. The fourth-order valence-electron chi connectivity index (χ4n) is 3.73. The van der Waals surface area contributed by atoms with Gasteiger partial charge in [0.2, 0.25) is 12.7 Å². The Kier molecular flexibility index (Phi) is 5.55. The summed E-state index contributed by atoms with van der Waals surface area (Å²) >= 11 is 0. The molecule has 7 heteroatoms. The van der Waals surface area contributed by atoms with Gasteiger partial charge in [0.05, 0.1) is 11.3 Å². The molecule has 2 aromatic carbocycles. The van der Waals surface area contributed by atoms with Crippen LogP contribution in [0.5, 0.6) is 11.5 Å². The van der Waals surface area contributed by atoms with Gasteiger partial charge in [0, 0.05) is 32.2 Å². The van der Waals surface area contributed by atoms with E-state index in [1.165, 1.54) is 13.3 Å². The standard InChI is InChI=1S/C22H25N3O4/c1-15(26)24-17-6-7-18(19(12-17)25-9-3-2-4-10-25)22(27)23-13-16-5-8-20-21(11-16)29-14-28-20/h5-8,11-12H,2-4,9-10,13-14H2,1H3,(H,23,27)(H,24,26). The summed E-state index contributed by atoms with van der Waals surface area (Å²) in [7, 11) is 0. The first-order chi connectivity index (χ1) is 14.1. The average Bonchev–Trinajstić information content (AvgIpc) is 3.20. The molecule has 4 rings (SSSR count). The summed E-state index contributed by atoms with van der Waals surface area (Å²) in [4.78, 5) is 26.6. The van der Waals surface area contributed by atoms with Crippen molar-refractivity contribution >= 4 is 23.2 Å². The number of hydrogen-bond donors (Lipinski definition) is 2. The minimum absolute atomic E-state index is 0.130. The Morgan fingerprint density at radius 2 is 1.79 bits per heavy atom. The van der Waals surface area contributed by atoms with E-state index in [0.29, 0.717) is 23.5 Å². The van der Waals surface area contributed by atoms with E-state index in [1.54, 1.807) is 12.1 Å². The lowest BCUT2D eigenvalue weighted by molar-refractivity contribution is -0.114. The maximum atomic E-state index is 13.0. The smallest absolute Gasteiger partial charge is 0.253 e. The third-order valence-corrected chi connectivity index (χ3v) is 5.15. The topological polar surface area (TPSA) is 79.9 Å². The Balaban J connectivity index is 1.52. The maximum absolute atomic E-state index is 13.0. The summed E-state index contributed by atoms with van der Waals surface area (Å²) in [5.74, 6) is 1.15. The van der Waals surface area contributed by atoms with E-state index in [2.05, 4.69) is 15.5 Å². The van der Waals surface area contributed by atoms with Crippen molar-refractivity contribution in [2.75, 3.05) is 30.1 Å². The highest BCUT2D eigenvalue weighted by Gasteiger charge is 2.20.